The fourth-order valence-electron chi connectivity index (χ4n) is 1.61. The maximum atomic E-state index is 13.5. The van der Waals surface area contributed by atoms with Gasteiger partial charge in [0.25, 0.3) is 0 Å². The number of hydrogen-bond donors (Lipinski definition) is 0. The van der Waals surface area contributed by atoms with E-state index in [-0.39, 0.29) is 57.2 Å². The molecule has 0 radical (unpaired) electrons. The number of hydrogen-bond acceptors (Lipinski definition) is 1. The van der Waals surface area contributed by atoms with E-state index >= 15 is 0 Å². The van der Waals surface area contributed by atoms with Crippen LogP contribution in [-0.2, 0) is 13.0 Å². The first-order valence-corrected chi connectivity index (χ1v) is 8.36. The Balaban J connectivity index is -0.000000466. The van der Waals surface area contributed by atoms with Crippen LogP contribution < -0.4 is 4.74 Å². The summed E-state index contributed by atoms with van der Waals surface area (Å²) in [5, 5.41) is 0. The zero-order valence-corrected chi connectivity index (χ0v) is 16.1. The fraction of sp³-hybridized carbons (Fsp3) is 0.200. The molecule has 1 nitrogen and oxygen atoms in total. The van der Waals surface area contributed by atoms with E-state index < -0.39 is 21.8 Å². The molecule has 0 saturated heterocycles. The fourth-order valence-corrected chi connectivity index (χ4v) is 1.61. The molecule has 2 aromatic carbocycles. The summed E-state index contributed by atoms with van der Waals surface area (Å²) >= 11 is 0. The molecule has 0 N–H and O–H groups in total. The first-order valence-electron chi connectivity index (χ1n) is 8.36. The Hall–Kier alpha value is -0.839. The van der Waals surface area contributed by atoms with Crippen LogP contribution in [0, 0.1) is 5.82 Å². The molecule has 0 bridgehead atoms. The summed E-state index contributed by atoms with van der Waals surface area (Å²) in [7, 11) is -18.0. The number of benzene rings is 2. The van der Waals surface area contributed by atoms with Gasteiger partial charge in [-0.25, -0.2) is 4.39 Å². The van der Waals surface area contributed by atoms with Gasteiger partial charge in [-0.2, -0.15) is 0 Å². The summed E-state index contributed by atoms with van der Waals surface area (Å²) in [5.41, 5.74) is 2.11. The van der Waals surface area contributed by atoms with Crippen LogP contribution in [0.5, 0.6) is 5.75 Å². The number of ether oxygens (including phenoxy) is 1. The van der Waals surface area contributed by atoms with Crippen molar-refractivity contribution in [3.8, 4) is 5.75 Å². The van der Waals surface area contributed by atoms with Crippen LogP contribution >= 0.6 is 0 Å². The molecule has 2 aromatic rings. The topological polar surface area (TPSA) is 9.23 Å². The molecule has 0 saturated carbocycles. The molecular formula is C15H16B3F13KO-3. The Morgan fingerprint density at radius 2 is 1.03 bits per heavy atom. The summed E-state index contributed by atoms with van der Waals surface area (Å²) in [6.07, 6.45) is 0.877. The van der Waals surface area contributed by atoms with Crippen molar-refractivity contribution in [1.29, 1.82) is 0 Å². The van der Waals surface area contributed by atoms with E-state index in [2.05, 4.69) is 0 Å². The molecule has 0 aliphatic carbocycles. The molecule has 0 unspecified atom stereocenters. The van der Waals surface area contributed by atoms with Crippen LogP contribution in [-0.4, -0.2) is 73.1 Å². The van der Waals surface area contributed by atoms with Crippen LogP contribution in [0.3, 0.4) is 0 Å². The van der Waals surface area contributed by atoms with Gasteiger partial charge < -0.3 is 56.5 Å². The van der Waals surface area contributed by atoms with E-state index in [1.807, 2.05) is 37.3 Å². The van der Waals surface area contributed by atoms with Gasteiger partial charge in [-0.1, -0.05) is 43.3 Å². The molecule has 0 fully saturated rings. The zero-order chi connectivity index (χ0) is 25.6. The van der Waals surface area contributed by atoms with Crippen LogP contribution in [0.15, 0.2) is 48.5 Å². The Morgan fingerprint density at radius 3 is 1.39 bits per heavy atom. The second kappa shape index (κ2) is 17.6. The van der Waals surface area contributed by atoms with Crippen molar-refractivity contribution in [2.24, 2.45) is 0 Å². The van der Waals surface area contributed by atoms with Crippen molar-refractivity contribution in [3.63, 3.8) is 0 Å². The SMILES string of the molecule is CCc1ccc(F)c(OCc2ccccc2)c1.F[B-](F)(F)F.F[B-](F)(F)F.F[B-](F)(F)F.[KH]. The van der Waals surface area contributed by atoms with Gasteiger partial charge in [0.1, 0.15) is 6.61 Å². The van der Waals surface area contributed by atoms with Gasteiger partial charge in [-0.15, -0.1) is 0 Å². The summed E-state index contributed by atoms with van der Waals surface area (Å²) in [4.78, 5) is 0. The predicted octanol–water partition coefficient (Wildman–Crippen LogP) is 7.22. The van der Waals surface area contributed by atoms with Crippen molar-refractivity contribution in [1.82, 2.24) is 0 Å². The summed E-state index contributed by atoms with van der Waals surface area (Å²) in [5.74, 6) is 0.0198. The third-order valence-electron chi connectivity index (χ3n) is 2.64. The second-order valence-corrected chi connectivity index (χ2v) is 5.38. The Labute approximate surface area is 223 Å². The first kappa shape index (κ1) is 36.7. The van der Waals surface area contributed by atoms with Crippen LogP contribution in [0.1, 0.15) is 18.1 Å². The van der Waals surface area contributed by atoms with E-state index in [1.54, 1.807) is 12.1 Å². The number of aryl methyl sites for hydroxylation is 1. The van der Waals surface area contributed by atoms with Gasteiger partial charge in [-0.05, 0) is 29.7 Å². The van der Waals surface area contributed by atoms with Crippen molar-refractivity contribution in [2.45, 2.75) is 20.0 Å². The predicted molar refractivity (Wildman–Crippen MR) is 104 cm³/mol. The van der Waals surface area contributed by atoms with E-state index in [0.29, 0.717) is 12.4 Å². The third kappa shape index (κ3) is 35.9. The van der Waals surface area contributed by atoms with E-state index in [4.69, 9.17) is 4.74 Å². The van der Waals surface area contributed by atoms with E-state index in [9.17, 15) is 56.2 Å². The maximum absolute atomic E-state index is 13.5. The van der Waals surface area contributed by atoms with Crippen molar-refractivity contribution in [3.05, 3.63) is 65.5 Å². The zero-order valence-electron chi connectivity index (χ0n) is 16.1. The van der Waals surface area contributed by atoms with Crippen molar-refractivity contribution < 1.29 is 60.9 Å². The summed E-state index contributed by atoms with van der Waals surface area (Å²) in [6.45, 7) is 2.43. The second-order valence-electron chi connectivity index (χ2n) is 5.38. The monoisotopic (exact) mass is 531 g/mol. The van der Waals surface area contributed by atoms with Gasteiger partial charge >= 0.3 is 73.1 Å². The standard InChI is InChI=1S/C15H15FO.3BF4.K.H/c1-2-12-8-9-14(16)15(10-12)17-11-13-6-4-3-5-7-13;3*2-1(3,4)5;;/h3-10H,2,11H2,1H3;;;;;/q;3*-1;;. The van der Waals surface area contributed by atoms with Crippen molar-refractivity contribution in [2.75, 3.05) is 0 Å². The van der Waals surface area contributed by atoms with E-state index in [0.717, 1.165) is 17.5 Å². The summed E-state index contributed by atoms with van der Waals surface area (Å²) in [6, 6.07) is 14.8. The van der Waals surface area contributed by atoms with Gasteiger partial charge in [-0.3, -0.25) is 0 Å². The molecule has 2 rings (SSSR count). The van der Waals surface area contributed by atoms with Gasteiger partial charge in [0, 0.05) is 0 Å². The average molecular weight is 531 g/mol. The quantitative estimate of drug-likeness (QED) is 0.300. The number of rotatable bonds is 4. The van der Waals surface area contributed by atoms with Crippen molar-refractivity contribution >= 4 is 73.1 Å². The molecule has 0 aliphatic rings. The molecule has 0 heterocycles. The van der Waals surface area contributed by atoms with Crippen LogP contribution in [0.2, 0.25) is 0 Å². The number of halogens is 13. The molecule has 0 aromatic heterocycles. The minimum absolute atomic E-state index is 0. The minimum atomic E-state index is -6.00. The third-order valence-corrected chi connectivity index (χ3v) is 2.64. The molecular weight excluding hydrogens is 515 g/mol. The van der Waals surface area contributed by atoms with Gasteiger partial charge in [0.05, 0.1) is 0 Å². The van der Waals surface area contributed by atoms with Gasteiger partial charge in [0.2, 0.25) is 0 Å². The Kier molecular flexibility index (Phi) is 19.6. The average Bonchev–Trinajstić information content (AvgIpc) is 2.58. The molecule has 33 heavy (non-hydrogen) atoms. The molecule has 0 amide bonds. The first-order chi connectivity index (χ1) is 14.3. The Morgan fingerprint density at radius 1 is 0.636 bits per heavy atom. The summed E-state index contributed by atoms with van der Waals surface area (Å²) < 4.78 is 136. The normalized spacial score (nSPS) is 10.7. The van der Waals surface area contributed by atoms with Crippen LogP contribution in [0.25, 0.3) is 0 Å². The molecule has 18 heteroatoms. The molecule has 186 valence electrons. The van der Waals surface area contributed by atoms with Crippen LogP contribution in [0.4, 0.5) is 56.2 Å². The van der Waals surface area contributed by atoms with Gasteiger partial charge in [0.15, 0.2) is 11.6 Å². The molecule has 0 aliphatic heterocycles. The molecule has 0 spiro atoms. The molecule has 0 atom stereocenters. The Bertz CT molecular complexity index is 709. The van der Waals surface area contributed by atoms with E-state index in [1.165, 1.54) is 6.07 Å².